The minimum Gasteiger partial charge on any atom is -0.454 e. The fraction of sp³-hybridized carbons (Fsp3) is 0.290. The summed E-state index contributed by atoms with van der Waals surface area (Å²) in [5, 5.41) is 0. The number of fused-ring (bicyclic) bond motifs is 5. The molecule has 37 heavy (non-hydrogen) atoms. The van der Waals surface area contributed by atoms with Crippen LogP contribution in [0.15, 0.2) is 78.9 Å². The van der Waals surface area contributed by atoms with Crippen LogP contribution in [0.2, 0.25) is 0 Å². The largest absolute Gasteiger partial charge is 0.454 e. The molecular weight excluding hydrogens is 466 g/mol. The van der Waals surface area contributed by atoms with Crippen molar-refractivity contribution in [2.75, 3.05) is 11.5 Å². The number of benzene rings is 3. The summed E-state index contributed by atoms with van der Waals surface area (Å²) in [5.74, 6) is -1.30. The van der Waals surface area contributed by atoms with Gasteiger partial charge in [0, 0.05) is 5.56 Å². The summed E-state index contributed by atoms with van der Waals surface area (Å²) in [4.78, 5) is 53.4. The molecule has 1 heterocycles. The zero-order valence-corrected chi connectivity index (χ0v) is 20.5. The third-order valence-corrected chi connectivity index (χ3v) is 8.29. The van der Waals surface area contributed by atoms with Gasteiger partial charge in [-0.1, -0.05) is 66.2 Å². The minimum absolute atomic E-state index is 0.153. The molecule has 3 fully saturated rings. The molecule has 6 heteroatoms. The van der Waals surface area contributed by atoms with Gasteiger partial charge in [0.2, 0.25) is 11.8 Å². The Labute approximate surface area is 215 Å². The molecule has 2 saturated carbocycles. The number of ketones is 1. The number of ether oxygens (including phenoxy) is 1. The lowest BCUT2D eigenvalue weighted by Crippen LogP contribution is -2.33. The molecule has 6 rings (SSSR count). The van der Waals surface area contributed by atoms with Gasteiger partial charge < -0.3 is 4.74 Å². The highest BCUT2D eigenvalue weighted by Gasteiger charge is 2.64. The average Bonchev–Trinajstić information content (AvgIpc) is 3.59. The Morgan fingerprint density at radius 2 is 1.57 bits per heavy atom. The third-order valence-electron chi connectivity index (χ3n) is 8.29. The molecule has 3 aromatic rings. The summed E-state index contributed by atoms with van der Waals surface area (Å²) < 4.78 is 5.25. The molecule has 0 radical (unpaired) electrons. The number of carbonyl (C=O) groups excluding carboxylic acids is 4. The third kappa shape index (κ3) is 3.97. The van der Waals surface area contributed by atoms with Gasteiger partial charge in [0.25, 0.3) is 0 Å². The molecule has 5 atom stereocenters. The molecule has 2 bridgehead atoms. The van der Waals surface area contributed by atoms with Crippen molar-refractivity contribution in [3.05, 3.63) is 101 Å². The smallest absolute Gasteiger partial charge is 0.338 e. The van der Waals surface area contributed by atoms with Crippen LogP contribution in [-0.4, -0.2) is 30.2 Å². The maximum absolute atomic E-state index is 13.6. The van der Waals surface area contributed by atoms with E-state index in [1.165, 1.54) is 16.5 Å². The van der Waals surface area contributed by atoms with E-state index >= 15 is 0 Å². The number of esters is 1. The fourth-order valence-electron chi connectivity index (χ4n) is 6.61. The molecule has 1 aliphatic heterocycles. The highest BCUT2D eigenvalue weighted by Crippen LogP contribution is 2.61. The van der Waals surface area contributed by atoms with Crippen LogP contribution in [0, 0.1) is 30.6 Å². The zero-order chi connectivity index (χ0) is 25.7. The van der Waals surface area contributed by atoms with E-state index in [1.807, 2.05) is 37.3 Å². The van der Waals surface area contributed by atoms with Crippen molar-refractivity contribution in [2.24, 2.45) is 23.7 Å². The first-order chi connectivity index (χ1) is 17.9. The van der Waals surface area contributed by atoms with Crippen LogP contribution in [0.25, 0.3) is 0 Å². The maximum Gasteiger partial charge on any atom is 0.338 e. The zero-order valence-electron chi connectivity index (χ0n) is 20.5. The molecule has 0 unspecified atom stereocenters. The number of hydrogen-bond acceptors (Lipinski definition) is 5. The van der Waals surface area contributed by atoms with E-state index in [1.54, 1.807) is 30.3 Å². The van der Waals surface area contributed by atoms with Gasteiger partial charge in [-0.25, -0.2) is 4.79 Å². The van der Waals surface area contributed by atoms with Gasteiger partial charge in [-0.05, 0) is 61.3 Å². The number of nitrogens with zero attached hydrogens (tertiary/aromatic N) is 1. The lowest BCUT2D eigenvalue weighted by molar-refractivity contribution is -0.123. The molecule has 0 spiro atoms. The molecule has 0 aromatic heterocycles. The summed E-state index contributed by atoms with van der Waals surface area (Å²) in [5.41, 5.74) is 3.30. The summed E-state index contributed by atoms with van der Waals surface area (Å²) in [6, 6.07) is 23.7. The van der Waals surface area contributed by atoms with Crippen LogP contribution in [0.1, 0.15) is 50.6 Å². The van der Waals surface area contributed by atoms with Crippen molar-refractivity contribution in [1.29, 1.82) is 0 Å². The summed E-state index contributed by atoms with van der Waals surface area (Å²) in [6.07, 6.45) is 1.83. The standard InChI is InChI=1S/C31H27NO5/c1-18-10-12-20(13-11-18)26(33)17-37-31(36)21-8-5-9-23(14-21)32-29(34)27-22-15-24(19-6-3-2-4-7-19)25(16-22)28(27)30(32)35/h2-14,22,24-25,27-28H,15-17H2,1H3/t22-,24+,25+,27-,28-/m0/s1. The van der Waals surface area contributed by atoms with Crippen molar-refractivity contribution < 1.29 is 23.9 Å². The average molecular weight is 494 g/mol. The summed E-state index contributed by atoms with van der Waals surface area (Å²) in [6.45, 7) is 1.54. The van der Waals surface area contributed by atoms with E-state index in [2.05, 4.69) is 12.1 Å². The number of rotatable bonds is 6. The number of hydrogen-bond donors (Lipinski definition) is 0. The molecule has 1 saturated heterocycles. The number of anilines is 1. The SMILES string of the molecule is Cc1ccc(C(=O)COC(=O)c2cccc(N3C(=O)[C@H]4[C@@H]5C[C@@H]([C@@H]4C3=O)[C@@H](c3ccccc3)C5)c2)cc1. The highest BCUT2D eigenvalue weighted by atomic mass is 16.5. The Bertz CT molecular complexity index is 1400. The van der Waals surface area contributed by atoms with Crippen LogP contribution in [0.4, 0.5) is 5.69 Å². The molecule has 2 aliphatic carbocycles. The Morgan fingerprint density at radius 3 is 2.32 bits per heavy atom. The Kier molecular flexibility index (Phi) is 5.75. The van der Waals surface area contributed by atoms with Gasteiger partial charge in [-0.15, -0.1) is 0 Å². The summed E-state index contributed by atoms with van der Waals surface area (Å²) >= 11 is 0. The minimum atomic E-state index is -0.675. The van der Waals surface area contributed by atoms with E-state index in [9.17, 15) is 19.2 Å². The molecule has 3 aliphatic rings. The van der Waals surface area contributed by atoms with Gasteiger partial charge in [0.05, 0.1) is 23.1 Å². The molecule has 186 valence electrons. The number of carbonyl (C=O) groups is 4. The Balaban J connectivity index is 1.18. The van der Waals surface area contributed by atoms with E-state index in [0.717, 1.165) is 18.4 Å². The van der Waals surface area contributed by atoms with E-state index in [0.29, 0.717) is 11.3 Å². The maximum atomic E-state index is 13.6. The second kappa shape index (κ2) is 9.11. The van der Waals surface area contributed by atoms with Gasteiger partial charge in [0.15, 0.2) is 12.4 Å². The molecule has 0 N–H and O–H groups in total. The van der Waals surface area contributed by atoms with Crippen LogP contribution in [0.3, 0.4) is 0 Å². The van der Waals surface area contributed by atoms with E-state index in [-0.39, 0.29) is 59.4 Å². The van der Waals surface area contributed by atoms with Gasteiger partial charge in [0.1, 0.15) is 0 Å². The first kappa shape index (κ1) is 23.3. The Hall–Kier alpha value is -4.06. The molecule has 2 amide bonds. The lowest BCUT2D eigenvalue weighted by atomic mass is 9.73. The summed E-state index contributed by atoms with van der Waals surface area (Å²) in [7, 11) is 0. The quantitative estimate of drug-likeness (QED) is 0.275. The monoisotopic (exact) mass is 493 g/mol. The van der Waals surface area contributed by atoms with Crippen molar-refractivity contribution in [3.8, 4) is 0 Å². The highest BCUT2D eigenvalue weighted by molar-refractivity contribution is 6.23. The number of imide groups is 1. The van der Waals surface area contributed by atoms with Crippen molar-refractivity contribution >= 4 is 29.3 Å². The second-order valence-electron chi connectivity index (χ2n) is 10.4. The first-order valence-electron chi connectivity index (χ1n) is 12.7. The van der Waals surface area contributed by atoms with E-state index in [4.69, 9.17) is 4.74 Å². The second-order valence-corrected chi connectivity index (χ2v) is 10.4. The lowest BCUT2D eigenvalue weighted by Gasteiger charge is -2.28. The number of aryl methyl sites for hydroxylation is 1. The predicted molar refractivity (Wildman–Crippen MR) is 137 cm³/mol. The van der Waals surface area contributed by atoms with Gasteiger partial charge in [-0.3, -0.25) is 19.3 Å². The molecule has 3 aromatic carbocycles. The van der Waals surface area contributed by atoms with Crippen LogP contribution in [-0.2, 0) is 14.3 Å². The van der Waals surface area contributed by atoms with E-state index < -0.39 is 5.97 Å². The van der Waals surface area contributed by atoms with Crippen molar-refractivity contribution in [2.45, 2.75) is 25.7 Å². The number of Topliss-reactive ketones (excluding diaryl/α,β-unsaturated/α-hetero) is 1. The van der Waals surface area contributed by atoms with Crippen molar-refractivity contribution in [1.82, 2.24) is 0 Å². The van der Waals surface area contributed by atoms with Crippen LogP contribution < -0.4 is 4.90 Å². The van der Waals surface area contributed by atoms with Crippen molar-refractivity contribution in [3.63, 3.8) is 0 Å². The fourth-order valence-corrected chi connectivity index (χ4v) is 6.61. The predicted octanol–water partition coefficient (Wildman–Crippen LogP) is 4.96. The van der Waals surface area contributed by atoms with Crippen LogP contribution >= 0.6 is 0 Å². The van der Waals surface area contributed by atoms with Gasteiger partial charge in [-0.2, -0.15) is 0 Å². The first-order valence-corrected chi connectivity index (χ1v) is 12.7. The Morgan fingerprint density at radius 1 is 0.838 bits per heavy atom. The normalized spacial score (nSPS) is 25.9. The molecule has 6 nitrogen and oxygen atoms in total. The number of amides is 2. The van der Waals surface area contributed by atoms with Crippen LogP contribution in [0.5, 0.6) is 0 Å². The topological polar surface area (TPSA) is 80.8 Å². The van der Waals surface area contributed by atoms with Gasteiger partial charge >= 0.3 is 5.97 Å². The molecular formula is C31H27NO5.